The molecule has 5 aromatic carbocycles. The topological polar surface area (TPSA) is 31.6 Å². The second kappa shape index (κ2) is 11.5. The molecule has 5 nitrogen and oxygen atoms in total. The number of benzene rings is 5. The Labute approximate surface area is 305 Å². The monoisotopic (exact) mass is 678 g/mol. The standard InChI is InChI=1S/C47H44N5/c1-31-49(33-26-24-32(25-27-33)46(2,3)4)28-29-50(31)35-18-15-19-36(30-35)52-40-23-14-12-21-38(40)42-43(47(5,6)7)41-37-20-11-13-22-39(37)51(44(41)48-45(42)52)34-16-9-8-10-17-34/h8-30H,1-7H3/q+1. The van der Waals surface area contributed by atoms with Crippen LogP contribution in [0.2, 0.25) is 0 Å². The Bertz CT molecular complexity index is 2800. The zero-order valence-electron chi connectivity index (χ0n) is 31.0. The van der Waals surface area contributed by atoms with E-state index in [1.54, 1.807) is 0 Å². The lowest BCUT2D eigenvalue weighted by Gasteiger charge is -2.22. The summed E-state index contributed by atoms with van der Waals surface area (Å²) >= 11 is 0. The maximum atomic E-state index is 5.68. The minimum absolute atomic E-state index is 0.115. The molecule has 9 rings (SSSR count). The van der Waals surface area contributed by atoms with Crippen LogP contribution in [-0.4, -0.2) is 18.7 Å². The van der Waals surface area contributed by atoms with E-state index in [0.717, 1.165) is 50.9 Å². The lowest BCUT2D eigenvalue weighted by molar-refractivity contribution is -0.601. The molecule has 9 aromatic rings. The zero-order chi connectivity index (χ0) is 35.9. The molecule has 0 radical (unpaired) electrons. The van der Waals surface area contributed by atoms with Crippen LogP contribution in [-0.2, 0) is 10.8 Å². The van der Waals surface area contributed by atoms with Gasteiger partial charge in [-0.25, -0.2) is 4.98 Å². The van der Waals surface area contributed by atoms with Crippen molar-refractivity contribution < 1.29 is 4.57 Å². The van der Waals surface area contributed by atoms with Crippen molar-refractivity contribution in [3.05, 3.63) is 157 Å². The molecule has 0 bridgehead atoms. The van der Waals surface area contributed by atoms with E-state index in [1.165, 1.54) is 32.7 Å². The molecule has 0 spiro atoms. The molecule has 0 aliphatic rings. The first-order chi connectivity index (χ1) is 25.0. The van der Waals surface area contributed by atoms with E-state index < -0.39 is 0 Å². The van der Waals surface area contributed by atoms with Gasteiger partial charge in [0.2, 0.25) is 0 Å². The molecule has 0 aliphatic heterocycles. The molecule has 0 fully saturated rings. The summed E-state index contributed by atoms with van der Waals surface area (Å²) in [6, 6.07) is 46.0. The van der Waals surface area contributed by atoms with Gasteiger partial charge < -0.3 is 0 Å². The highest BCUT2D eigenvalue weighted by atomic mass is 15.2. The summed E-state index contributed by atoms with van der Waals surface area (Å²) in [4.78, 5) is 5.68. The zero-order valence-corrected chi connectivity index (χ0v) is 31.0. The van der Waals surface area contributed by atoms with Crippen LogP contribution < -0.4 is 4.57 Å². The summed E-state index contributed by atoms with van der Waals surface area (Å²) in [5.41, 5.74) is 11.3. The van der Waals surface area contributed by atoms with Crippen molar-refractivity contribution in [2.45, 2.75) is 59.3 Å². The fraction of sp³-hybridized carbons (Fsp3) is 0.191. The first-order valence-electron chi connectivity index (χ1n) is 18.2. The fourth-order valence-electron chi connectivity index (χ4n) is 8.15. The van der Waals surface area contributed by atoms with Gasteiger partial charge in [-0.1, -0.05) is 114 Å². The van der Waals surface area contributed by atoms with Gasteiger partial charge in [0.1, 0.15) is 35.1 Å². The van der Waals surface area contributed by atoms with E-state index >= 15 is 0 Å². The second-order valence-corrected chi connectivity index (χ2v) is 16.1. The van der Waals surface area contributed by atoms with Crippen molar-refractivity contribution in [2.24, 2.45) is 0 Å². The van der Waals surface area contributed by atoms with E-state index in [0.29, 0.717) is 0 Å². The van der Waals surface area contributed by atoms with Gasteiger partial charge in [-0.05, 0) is 70.5 Å². The van der Waals surface area contributed by atoms with Gasteiger partial charge in [0.25, 0.3) is 5.82 Å². The van der Waals surface area contributed by atoms with Crippen LogP contribution in [0.3, 0.4) is 0 Å². The summed E-state index contributed by atoms with van der Waals surface area (Å²) in [5, 5.41) is 4.88. The normalized spacial score (nSPS) is 12.5. The van der Waals surface area contributed by atoms with E-state index in [1.807, 2.05) is 0 Å². The maximum Gasteiger partial charge on any atom is 0.263 e. The van der Waals surface area contributed by atoms with Gasteiger partial charge in [-0.15, -0.1) is 0 Å². The minimum Gasteiger partial charge on any atom is -0.294 e. The third-order valence-corrected chi connectivity index (χ3v) is 10.6. The Morgan fingerprint density at radius 1 is 0.538 bits per heavy atom. The summed E-state index contributed by atoms with van der Waals surface area (Å²) < 4.78 is 9.24. The third kappa shape index (κ3) is 4.90. The predicted octanol–water partition coefficient (Wildman–Crippen LogP) is 11.2. The predicted molar refractivity (Wildman–Crippen MR) is 216 cm³/mol. The smallest absolute Gasteiger partial charge is 0.263 e. The molecule has 5 heteroatoms. The summed E-state index contributed by atoms with van der Waals surface area (Å²) in [7, 11) is 0. The van der Waals surface area contributed by atoms with Gasteiger partial charge in [-0.3, -0.25) is 9.13 Å². The van der Waals surface area contributed by atoms with Crippen molar-refractivity contribution in [1.29, 1.82) is 0 Å². The van der Waals surface area contributed by atoms with Crippen molar-refractivity contribution >= 4 is 43.9 Å². The van der Waals surface area contributed by atoms with Crippen molar-refractivity contribution in [2.75, 3.05) is 0 Å². The van der Waals surface area contributed by atoms with Crippen LogP contribution in [0.4, 0.5) is 0 Å². The molecule has 0 aliphatic carbocycles. The number of hydrogen-bond acceptors (Lipinski definition) is 1. The third-order valence-electron chi connectivity index (χ3n) is 10.6. The number of nitrogens with zero attached hydrogens (tertiary/aromatic N) is 5. The van der Waals surface area contributed by atoms with Crippen molar-refractivity contribution in [3.63, 3.8) is 0 Å². The average Bonchev–Trinajstić information content (AvgIpc) is 3.79. The Morgan fingerprint density at radius 3 is 1.67 bits per heavy atom. The van der Waals surface area contributed by atoms with Crippen LogP contribution in [0, 0.1) is 6.92 Å². The molecule has 0 unspecified atom stereocenters. The Balaban J connectivity index is 1.31. The van der Waals surface area contributed by atoms with Crippen LogP contribution in [0.25, 0.3) is 66.6 Å². The molecule has 0 amide bonds. The second-order valence-electron chi connectivity index (χ2n) is 16.1. The molecule has 4 aromatic heterocycles. The maximum absolute atomic E-state index is 5.68. The van der Waals surface area contributed by atoms with Crippen LogP contribution in [0.15, 0.2) is 140 Å². The summed E-state index contributed by atoms with van der Waals surface area (Å²) in [6.07, 6.45) is 4.32. The largest absolute Gasteiger partial charge is 0.294 e. The molecule has 0 saturated carbocycles. The average molecular weight is 679 g/mol. The number of imidazole rings is 1. The van der Waals surface area contributed by atoms with Crippen LogP contribution in [0.1, 0.15) is 58.5 Å². The molecule has 4 heterocycles. The highest BCUT2D eigenvalue weighted by Gasteiger charge is 2.30. The highest BCUT2D eigenvalue weighted by Crippen LogP contribution is 2.45. The molecular weight excluding hydrogens is 635 g/mol. The fourth-order valence-corrected chi connectivity index (χ4v) is 8.15. The Morgan fingerprint density at radius 2 is 1.08 bits per heavy atom. The Kier molecular flexibility index (Phi) is 7.10. The summed E-state index contributed by atoms with van der Waals surface area (Å²) in [6.45, 7) is 16.0. The van der Waals surface area contributed by atoms with Crippen molar-refractivity contribution in [3.8, 4) is 22.7 Å². The Hall–Kier alpha value is -5.94. The number of para-hydroxylation sites is 3. The summed E-state index contributed by atoms with van der Waals surface area (Å²) in [5.74, 6) is 1.13. The quantitative estimate of drug-likeness (QED) is 0.171. The van der Waals surface area contributed by atoms with Gasteiger partial charge in [0.05, 0.1) is 16.7 Å². The lowest BCUT2D eigenvalue weighted by atomic mass is 9.82. The first kappa shape index (κ1) is 32.0. The lowest BCUT2D eigenvalue weighted by Crippen LogP contribution is -2.32. The van der Waals surface area contributed by atoms with E-state index in [4.69, 9.17) is 4.98 Å². The number of rotatable bonds is 4. The van der Waals surface area contributed by atoms with Gasteiger partial charge in [0, 0.05) is 40.2 Å². The SMILES string of the molecule is Cc1n(-c2cccc(-n3c4ccccc4c4c(C(C)(C)C)c5c6ccccc6n(-c6ccccc6)c5nc43)c2)cc[n+]1-c1ccc(C(C)(C)C)cc1. The van der Waals surface area contributed by atoms with Crippen LogP contribution >= 0.6 is 0 Å². The molecule has 0 saturated heterocycles. The van der Waals surface area contributed by atoms with Gasteiger partial charge >= 0.3 is 0 Å². The molecule has 0 atom stereocenters. The first-order valence-corrected chi connectivity index (χ1v) is 18.2. The number of pyridine rings is 1. The number of fused-ring (bicyclic) bond motifs is 6. The highest BCUT2D eigenvalue weighted by molar-refractivity contribution is 6.20. The van der Waals surface area contributed by atoms with Gasteiger partial charge in [-0.2, -0.15) is 9.13 Å². The number of aromatic nitrogens is 5. The number of hydrogen-bond donors (Lipinski definition) is 0. The van der Waals surface area contributed by atoms with E-state index in [9.17, 15) is 0 Å². The molecule has 52 heavy (non-hydrogen) atoms. The van der Waals surface area contributed by atoms with E-state index in [-0.39, 0.29) is 10.8 Å². The van der Waals surface area contributed by atoms with Crippen LogP contribution in [0.5, 0.6) is 0 Å². The molecule has 256 valence electrons. The molecular formula is C47H44N5+. The van der Waals surface area contributed by atoms with Crippen molar-refractivity contribution in [1.82, 2.24) is 18.7 Å². The van der Waals surface area contributed by atoms with Gasteiger partial charge in [0.15, 0.2) is 0 Å². The molecule has 0 N–H and O–H groups in total. The minimum atomic E-state index is -0.164. The van der Waals surface area contributed by atoms with E-state index in [2.05, 4.69) is 207 Å².